The summed E-state index contributed by atoms with van der Waals surface area (Å²) in [7, 11) is 0. The number of hydrogen-bond donors (Lipinski definition) is 2. The van der Waals surface area contributed by atoms with Crippen molar-refractivity contribution in [3.8, 4) is 0 Å². The molecule has 0 aliphatic heterocycles. The SMILES string of the molecule is CCN(CC)CCCNC(=O)c1ccnc(NC(C)=O)c1. The lowest BCUT2D eigenvalue weighted by atomic mass is 10.2. The van der Waals surface area contributed by atoms with E-state index in [9.17, 15) is 9.59 Å². The predicted molar refractivity (Wildman–Crippen MR) is 83.3 cm³/mol. The van der Waals surface area contributed by atoms with Crippen LogP contribution in [-0.4, -0.2) is 47.9 Å². The molecule has 0 saturated carbocycles. The number of hydrogen-bond acceptors (Lipinski definition) is 4. The zero-order valence-electron chi connectivity index (χ0n) is 13.0. The summed E-state index contributed by atoms with van der Waals surface area (Å²) in [5.41, 5.74) is 0.497. The molecule has 6 heteroatoms. The normalized spacial score (nSPS) is 10.5. The Hall–Kier alpha value is -1.95. The zero-order valence-corrected chi connectivity index (χ0v) is 13.0. The molecule has 2 amide bonds. The first-order valence-electron chi connectivity index (χ1n) is 7.31. The summed E-state index contributed by atoms with van der Waals surface area (Å²) in [6.07, 6.45) is 2.42. The monoisotopic (exact) mass is 292 g/mol. The molecule has 2 N–H and O–H groups in total. The molecule has 0 spiro atoms. The van der Waals surface area contributed by atoms with E-state index in [0.29, 0.717) is 17.9 Å². The minimum Gasteiger partial charge on any atom is -0.352 e. The zero-order chi connectivity index (χ0) is 15.7. The molecule has 1 aromatic rings. The molecule has 21 heavy (non-hydrogen) atoms. The molecule has 0 radical (unpaired) electrons. The van der Waals surface area contributed by atoms with Crippen molar-refractivity contribution in [2.24, 2.45) is 0 Å². The summed E-state index contributed by atoms with van der Waals surface area (Å²) in [6.45, 7) is 9.31. The van der Waals surface area contributed by atoms with E-state index in [1.54, 1.807) is 12.1 Å². The molecule has 1 heterocycles. The summed E-state index contributed by atoms with van der Waals surface area (Å²) < 4.78 is 0. The van der Waals surface area contributed by atoms with Crippen LogP contribution in [0.2, 0.25) is 0 Å². The summed E-state index contributed by atoms with van der Waals surface area (Å²) in [6, 6.07) is 3.20. The second-order valence-electron chi connectivity index (χ2n) is 4.75. The number of nitrogens with zero attached hydrogens (tertiary/aromatic N) is 2. The molecule has 0 aliphatic carbocycles. The summed E-state index contributed by atoms with van der Waals surface area (Å²) in [5.74, 6) is 0.0288. The van der Waals surface area contributed by atoms with Crippen LogP contribution < -0.4 is 10.6 Å². The highest BCUT2D eigenvalue weighted by atomic mass is 16.2. The lowest BCUT2D eigenvalue weighted by Gasteiger charge is -2.17. The van der Waals surface area contributed by atoms with Gasteiger partial charge >= 0.3 is 0 Å². The number of amides is 2. The Kier molecular flexibility index (Phi) is 7.39. The smallest absolute Gasteiger partial charge is 0.251 e. The molecule has 6 nitrogen and oxygen atoms in total. The average molecular weight is 292 g/mol. The quantitative estimate of drug-likeness (QED) is 0.712. The van der Waals surface area contributed by atoms with E-state index >= 15 is 0 Å². The van der Waals surface area contributed by atoms with Crippen LogP contribution in [0.1, 0.15) is 37.6 Å². The van der Waals surface area contributed by atoms with Crippen LogP contribution in [-0.2, 0) is 4.79 Å². The molecule has 0 atom stereocenters. The first kappa shape index (κ1) is 17.1. The number of carbonyl (C=O) groups is 2. The van der Waals surface area contributed by atoms with Gasteiger partial charge < -0.3 is 15.5 Å². The highest BCUT2D eigenvalue weighted by Crippen LogP contribution is 2.06. The fourth-order valence-corrected chi connectivity index (χ4v) is 1.97. The fourth-order valence-electron chi connectivity index (χ4n) is 1.97. The molecule has 1 rings (SSSR count). The van der Waals surface area contributed by atoms with Gasteiger partial charge in [-0.3, -0.25) is 9.59 Å². The molecule has 0 saturated heterocycles. The van der Waals surface area contributed by atoms with Crippen molar-refractivity contribution in [3.63, 3.8) is 0 Å². The van der Waals surface area contributed by atoms with Crippen molar-refractivity contribution in [2.45, 2.75) is 27.2 Å². The summed E-state index contributed by atoms with van der Waals surface area (Å²) in [4.78, 5) is 29.3. The lowest BCUT2D eigenvalue weighted by Crippen LogP contribution is -2.30. The van der Waals surface area contributed by atoms with Crippen LogP contribution in [0, 0.1) is 0 Å². The number of anilines is 1. The van der Waals surface area contributed by atoms with E-state index in [1.807, 2.05) is 0 Å². The minimum absolute atomic E-state index is 0.149. The van der Waals surface area contributed by atoms with E-state index in [2.05, 4.69) is 34.4 Å². The highest BCUT2D eigenvalue weighted by molar-refractivity contribution is 5.96. The average Bonchev–Trinajstić information content (AvgIpc) is 2.47. The second kappa shape index (κ2) is 9.07. The maximum absolute atomic E-state index is 12.0. The number of aromatic nitrogens is 1. The van der Waals surface area contributed by atoms with Crippen LogP contribution in [0.5, 0.6) is 0 Å². The maximum atomic E-state index is 12.0. The summed E-state index contributed by atoms with van der Waals surface area (Å²) >= 11 is 0. The number of pyridine rings is 1. The molecule has 0 unspecified atom stereocenters. The van der Waals surface area contributed by atoms with Gasteiger partial charge in [-0.05, 0) is 38.2 Å². The summed E-state index contributed by atoms with van der Waals surface area (Å²) in [5, 5.41) is 5.44. The van der Waals surface area contributed by atoms with Gasteiger partial charge in [0.25, 0.3) is 5.91 Å². The Balaban J connectivity index is 2.43. The molecule has 0 aromatic carbocycles. The predicted octanol–water partition coefficient (Wildman–Crippen LogP) is 1.50. The molecule has 0 aliphatic rings. The van der Waals surface area contributed by atoms with Crippen LogP contribution >= 0.6 is 0 Å². The Morgan fingerprint density at radius 2 is 2.00 bits per heavy atom. The van der Waals surface area contributed by atoms with Gasteiger partial charge in [0, 0.05) is 25.2 Å². The van der Waals surface area contributed by atoms with E-state index in [0.717, 1.165) is 26.1 Å². The topological polar surface area (TPSA) is 74.3 Å². The standard InChI is InChI=1S/C15H24N4O2/c1-4-19(5-2)10-6-8-17-15(21)13-7-9-16-14(11-13)18-12(3)20/h7,9,11H,4-6,8,10H2,1-3H3,(H,17,21)(H,16,18,20). The van der Waals surface area contributed by atoms with Crippen LogP contribution in [0.4, 0.5) is 5.82 Å². The molecular formula is C15H24N4O2. The molecule has 1 aromatic heterocycles. The van der Waals surface area contributed by atoms with Gasteiger partial charge in [-0.1, -0.05) is 13.8 Å². The third kappa shape index (κ3) is 6.35. The molecule has 0 bridgehead atoms. The molecular weight excluding hydrogens is 268 g/mol. The Morgan fingerprint density at radius 1 is 1.29 bits per heavy atom. The Morgan fingerprint density at radius 3 is 2.62 bits per heavy atom. The number of carbonyl (C=O) groups excluding carboxylic acids is 2. The van der Waals surface area contributed by atoms with E-state index in [-0.39, 0.29) is 11.8 Å². The maximum Gasteiger partial charge on any atom is 0.251 e. The van der Waals surface area contributed by atoms with Crippen molar-refractivity contribution in [1.82, 2.24) is 15.2 Å². The van der Waals surface area contributed by atoms with Gasteiger partial charge in [0.05, 0.1) is 0 Å². The largest absolute Gasteiger partial charge is 0.352 e. The van der Waals surface area contributed by atoms with E-state index in [1.165, 1.54) is 13.1 Å². The third-order valence-corrected chi connectivity index (χ3v) is 3.16. The van der Waals surface area contributed by atoms with Gasteiger partial charge in [0.1, 0.15) is 5.82 Å². The van der Waals surface area contributed by atoms with Crippen LogP contribution in [0.25, 0.3) is 0 Å². The van der Waals surface area contributed by atoms with Crippen LogP contribution in [0.15, 0.2) is 18.3 Å². The highest BCUT2D eigenvalue weighted by Gasteiger charge is 2.07. The van der Waals surface area contributed by atoms with Crippen molar-refractivity contribution >= 4 is 17.6 Å². The fraction of sp³-hybridized carbons (Fsp3) is 0.533. The Labute approximate surface area is 125 Å². The van der Waals surface area contributed by atoms with Gasteiger partial charge in [-0.2, -0.15) is 0 Å². The van der Waals surface area contributed by atoms with Crippen molar-refractivity contribution in [2.75, 3.05) is 31.5 Å². The third-order valence-electron chi connectivity index (χ3n) is 3.16. The molecule has 116 valence electrons. The first-order chi connectivity index (χ1) is 10.1. The lowest BCUT2D eigenvalue weighted by molar-refractivity contribution is -0.114. The van der Waals surface area contributed by atoms with Crippen LogP contribution in [0.3, 0.4) is 0 Å². The van der Waals surface area contributed by atoms with E-state index < -0.39 is 0 Å². The van der Waals surface area contributed by atoms with Crippen molar-refractivity contribution in [3.05, 3.63) is 23.9 Å². The van der Waals surface area contributed by atoms with Gasteiger partial charge in [0.15, 0.2) is 0 Å². The van der Waals surface area contributed by atoms with Gasteiger partial charge in [-0.15, -0.1) is 0 Å². The van der Waals surface area contributed by atoms with Gasteiger partial charge in [0.2, 0.25) is 5.91 Å². The number of nitrogens with one attached hydrogen (secondary N) is 2. The first-order valence-corrected chi connectivity index (χ1v) is 7.31. The Bertz CT molecular complexity index is 472. The van der Waals surface area contributed by atoms with Crippen molar-refractivity contribution < 1.29 is 9.59 Å². The van der Waals surface area contributed by atoms with Gasteiger partial charge in [-0.25, -0.2) is 4.98 Å². The second-order valence-corrected chi connectivity index (χ2v) is 4.75. The van der Waals surface area contributed by atoms with Crippen molar-refractivity contribution in [1.29, 1.82) is 0 Å². The minimum atomic E-state index is -0.209. The van der Waals surface area contributed by atoms with E-state index in [4.69, 9.17) is 0 Å². The molecule has 0 fully saturated rings. The number of rotatable bonds is 8.